The van der Waals surface area contributed by atoms with E-state index in [0.29, 0.717) is 6.04 Å². The van der Waals surface area contributed by atoms with Gasteiger partial charge in [-0.2, -0.15) is 5.10 Å². The number of ether oxygens (including phenoxy) is 1. The van der Waals surface area contributed by atoms with E-state index in [-0.39, 0.29) is 6.10 Å². The van der Waals surface area contributed by atoms with E-state index in [9.17, 15) is 0 Å². The van der Waals surface area contributed by atoms with Crippen LogP contribution < -0.4 is 5.32 Å². The van der Waals surface area contributed by atoms with Crippen molar-refractivity contribution < 1.29 is 4.74 Å². The lowest BCUT2D eigenvalue weighted by Crippen LogP contribution is -2.30. The molecule has 0 fully saturated rings. The molecule has 1 heterocycles. The van der Waals surface area contributed by atoms with Gasteiger partial charge in [0.1, 0.15) is 0 Å². The lowest BCUT2D eigenvalue weighted by atomic mass is 10.2. The van der Waals surface area contributed by atoms with Crippen LogP contribution in [0.4, 0.5) is 0 Å². The molecular formula is C11H21N3O. The van der Waals surface area contributed by atoms with E-state index in [4.69, 9.17) is 4.74 Å². The highest BCUT2D eigenvalue weighted by Crippen LogP contribution is 2.09. The SMILES string of the molecule is CCOC(C)CNC(C)c1ccnn1C. The van der Waals surface area contributed by atoms with Crippen LogP contribution in [0.25, 0.3) is 0 Å². The van der Waals surface area contributed by atoms with Crippen LogP contribution >= 0.6 is 0 Å². The molecule has 86 valence electrons. The molecular weight excluding hydrogens is 190 g/mol. The number of nitrogens with one attached hydrogen (secondary N) is 1. The highest BCUT2D eigenvalue weighted by Gasteiger charge is 2.10. The molecule has 1 rings (SSSR count). The fraction of sp³-hybridized carbons (Fsp3) is 0.727. The lowest BCUT2D eigenvalue weighted by molar-refractivity contribution is 0.0741. The highest BCUT2D eigenvalue weighted by atomic mass is 16.5. The second kappa shape index (κ2) is 5.88. The van der Waals surface area contributed by atoms with E-state index in [1.165, 1.54) is 5.69 Å². The summed E-state index contributed by atoms with van der Waals surface area (Å²) in [4.78, 5) is 0. The summed E-state index contributed by atoms with van der Waals surface area (Å²) in [5.41, 5.74) is 1.19. The third kappa shape index (κ3) is 3.64. The topological polar surface area (TPSA) is 39.1 Å². The van der Waals surface area contributed by atoms with Gasteiger partial charge in [-0.3, -0.25) is 4.68 Å². The van der Waals surface area contributed by atoms with Gasteiger partial charge in [-0.15, -0.1) is 0 Å². The van der Waals surface area contributed by atoms with Gasteiger partial charge in [0.25, 0.3) is 0 Å². The Kier molecular flexibility index (Phi) is 4.78. The number of rotatable bonds is 6. The zero-order valence-electron chi connectivity index (χ0n) is 10.0. The van der Waals surface area contributed by atoms with Crippen molar-refractivity contribution in [3.05, 3.63) is 18.0 Å². The van der Waals surface area contributed by atoms with E-state index >= 15 is 0 Å². The van der Waals surface area contributed by atoms with Crippen LogP contribution in [0.15, 0.2) is 12.3 Å². The average molecular weight is 211 g/mol. The van der Waals surface area contributed by atoms with Gasteiger partial charge in [0.15, 0.2) is 0 Å². The van der Waals surface area contributed by atoms with Gasteiger partial charge >= 0.3 is 0 Å². The lowest BCUT2D eigenvalue weighted by Gasteiger charge is -2.17. The van der Waals surface area contributed by atoms with Crippen molar-refractivity contribution in [3.8, 4) is 0 Å². The molecule has 1 N–H and O–H groups in total. The molecule has 1 aromatic rings. The molecule has 0 aromatic carbocycles. The van der Waals surface area contributed by atoms with Crippen molar-refractivity contribution in [2.24, 2.45) is 7.05 Å². The van der Waals surface area contributed by atoms with Gasteiger partial charge in [0.05, 0.1) is 11.8 Å². The van der Waals surface area contributed by atoms with Crippen LogP contribution in [-0.4, -0.2) is 29.0 Å². The monoisotopic (exact) mass is 211 g/mol. The van der Waals surface area contributed by atoms with Gasteiger partial charge in [-0.1, -0.05) is 0 Å². The Morgan fingerprint density at radius 3 is 2.80 bits per heavy atom. The second-order valence-electron chi connectivity index (χ2n) is 3.78. The fourth-order valence-corrected chi connectivity index (χ4v) is 1.60. The zero-order chi connectivity index (χ0) is 11.3. The molecule has 4 nitrogen and oxygen atoms in total. The van der Waals surface area contributed by atoms with Gasteiger partial charge in [-0.25, -0.2) is 0 Å². The van der Waals surface area contributed by atoms with E-state index in [1.54, 1.807) is 0 Å². The summed E-state index contributed by atoms with van der Waals surface area (Å²) in [5.74, 6) is 0. The first-order chi connectivity index (χ1) is 7.15. The summed E-state index contributed by atoms with van der Waals surface area (Å²) >= 11 is 0. The average Bonchev–Trinajstić information content (AvgIpc) is 2.61. The molecule has 15 heavy (non-hydrogen) atoms. The largest absolute Gasteiger partial charge is 0.377 e. The number of aromatic nitrogens is 2. The third-order valence-electron chi connectivity index (χ3n) is 2.47. The van der Waals surface area contributed by atoms with E-state index in [2.05, 4.69) is 24.3 Å². The Bertz CT molecular complexity index is 285. The number of hydrogen-bond acceptors (Lipinski definition) is 3. The molecule has 0 spiro atoms. The van der Waals surface area contributed by atoms with Crippen molar-refractivity contribution in [1.29, 1.82) is 0 Å². The summed E-state index contributed by atoms with van der Waals surface area (Å²) in [5, 5.41) is 7.57. The van der Waals surface area contributed by atoms with E-state index in [1.807, 2.05) is 30.9 Å². The summed E-state index contributed by atoms with van der Waals surface area (Å²) < 4.78 is 7.35. The molecule has 0 aliphatic carbocycles. The first-order valence-corrected chi connectivity index (χ1v) is 5.48. The Labute approximate surface area is 91.6 Å². The molecule has 0 bridgehead atoms. The van der Waals surface area contributed by atoms with Crippen LogP contribution in [0.1, 0.15) is 32.5 Å². The van der Waals surface area contributed by atoms with Crippen LogP contribution in [0, 0.1) is 0 Å². The minimum absolute atomic E-state index is 0.255. The maximum Gasteiger partial charge on any atom is 0.0671 e. The number of aryl methyl sites for hydroxylation is 1. The quantitative estimate of drug-likeness (QED) is 0.775. The Morgan fingerprint density at radius 1 is 1.53 bits per heavy atom. The van der Waals surface area contributed by atoms with Crippen molar-refractivity contribution in [2.75, 3.05) is 13.2 Å². The van der Waals surface area contributed by atoms with Gasteiger partial charge in [-0.05, 0) is 26.8 Å². The smallest absolute Gasteiger partial charge is 0.0671 e. The Balaban J connectivity index is 2.36. The van der Waals surface area contributed by atoms with Crippen molar-refractivity contribution in [3.63, 3.8) is 0 Å². The van der Waals surface area contributed by atoms with Gasteiger partial charge in [0, 0.05) is 32.4 Å². The molecule has 0 aliphatic rings. The first-order valence-electron chi connectivity index (χ1n) is 5.48. The molecule has 2 atom stereocenters. The summed E-state index contributed by atoms with van der Waals surface area (Å²) in [6.45, 7) is 7.85. The molecule has 2 unspecified atom stereocenters. The predicted octanol–water partition coefficient (Wildman–Crippen LogP) is 1.50. The van der Waals surface area contributed by atoms with Crippen molar-refractivity contribution in [1.82, 2.24) is 15.1 Å². The minimum atomic E-state index is 0.255. The normalized spacial score (nSPS) is 15.2. The second-order valence-corrected chi connectivity index (χ2v) is 3.78. The molecule has 0 saturated heterocycles. The first kappa shape index (κ1) is 12.2. The van der Waals surface area contributed by atoms with E-state index in [0.717, 1.165) is 13.2 Å². The number of nitrogens with zero attached hydrogens (tertiary/aromatic N) is 2. The predicted molar refractivity (Wildman–Crippen MR) is 60.7 cm³/mol. The third-order valence-corrected chi connectivity index (χ3v) is 2.47. The number of hydrogen-bond donors (Lipinski definition) is 1. The van der Waals surface area contributed by atoms with Gasteiger partial charge in [0.2, 0.25) is 0 Å². The molecule has 0 saturated carbocycles. The highest BCUT2D eigenvalue weighted by molar-refractivity contribution is 5.05. The van der Waals surface area contributed by atoms with Crippen LogP contribution in [0.3, 0.4) is 0 Å². The maximum atomic E-state index is 5.45. The van der Waals surface area contributed by atoms with Crippen LogP contribution in [-0.2, 0) is 11.8 Å². The zero-order valence-corrected chi connectivity index (χ0v) is 10.0. The molecule has 0 radical (unpaired) electrons. The van der Waals surface area contributed by atoms with Gasteiger partial charge < -0.3 is 10.1 Å². The standard InChI is InChI=1S/C11H21N3O/c1-5-15-9(2)8-12-10(3)11-6-7-13-14(11)4/h6-7,9-10,12H,5,8H2,1-4H3. The molecule has 0 aliphatic heterocycles. The van der Waals surface area contributed by atoms with Crippen molar-refractivity contribution >= 4 is 0 Å². The summed E-state index contributed by atoms with van der Waals surface area (Å²) in [6.07, 6.45) is 2.07. The minimum Gasteiger partial charge on any atom is -0.377 e. The van der Waals surface area contributed by atoms with Crippen LogP contribution in [0.5, 0.6) is 0 Å². The van der Waals surface area contributed by atoms with Crippen molar-refractivity contribution in [2.45, 2.75) is 32.9 Å². The molecule has 0 amide bonds. The van der Waals surface area contributed by atoms with Crippen LogP contribution in [0.2, 0.25) is 0 Å². The maximum absolute atomic E-state index is 5.45. The summed E-state index contributed by atoms with van der Waals surface area (Å²) in [6, 6.07) is 2.34. The summed E-state index contributed by atoms with van der Waals surface area (Å²) in [7, 11) is 1.96. The Hall–Kier alpha value is -0.870. The van der Waals surface area contributed by atoms with E-state index < -0.39 is 0 Å². The molecule has 1 aromatic heterocycles. The molecule has 4 heteroatoms. The Morgan fingerprint density at radius 2 is 2.27 bits per heavy atom. The fourth-order valence-electron chi connectivity index (χ4n) is 1.60.